The summed E-state index contributed by atoms with van der Waals surface area (Å²) in [4.78, 5) is 12.1. The van der Waals surface area contributed by atoms with Crippen molar-refractivity contribution in [3.8, 4) is 0 Å². The van der Waals surface area contributed by atoms with E-state index in [0.29, 0.717) is 22.6 Å². The molecule has 6 nitrogen and oxygen atoms in total. The fourth-order valence-electron chi connectivity index (χ4n) is 6.58. The molecular weight excluding hydrogens is 491 g/mol. The van der Waals surface area contributed by atoms with Crippen LogP contribution in [0.25, 0.3) is 10.9 Å². The van der Waals surface area contributed by atoms with Crippen LogP contribution in [0.2, 0.25) is 0 Å². The quantitative estimate of drug-likeness (QED) is 0.395. The molecule has 0 radical (unpaired) electrons. The predicted molar refractivity (Wildman–Crippen MR) is 144 cm³/mol. The summed E-state index contributed by atoms with van der Waals surface area (Å²) in [6.07, 6.45) is 2.03. The summed E-state index contributed by atoms with van der Waals surface area (Å²) in [5.41, 5.74) is 10.9. The highest BCUT2D eigenvalue weighted by Crippen LogP contribution is 2.45. The van der Waals surface area contributed by atoms with E-state index in [1.165, 1.54) is 23.2 Å². The smallest absolute Gasteiger partial charge is 0.399 e. The number of rotatable bonds is 4. The average molecular weight is 526 g/mol. The van der Waals surface area contributed by atoms with Crippen LogP contribution in [0.4, 0.5) is 30.4 Å². The maximum Gasteiger partial charge on any atom is 0.416 e. The van der Waals surface area contributed by atoms with Gasteiger partial charge in [-0.15, -0.1) is 0 Å². The van der Waals surface area contributed by atoms with Crippen LogP contribution in [0, 0.1) is 12.3 Å². The van der Waals surface area contributed by atoms with Gasteiger partial charge >= 0.3 is 6.18 Å². The van der Waals surface area contributed by atoms with E-state index in [0.717, 1.165) is 81.4 Å². The molecule has 2 aromatic carbocycles. The molecule has 2 fully saturated rings. The number of nitrogens with one attached hydrogen (secondary N) is 1. The second kappa shape index (κ2) is 9.29. The van der Waals surface area contributed by atoms with Crippen LogP contribution in [0.3, 0.4) is 0 Å². The van der Waals surface area contributed by atoms with Gasteiger partial charge in [-0.3, -0.25) is 0 Å². The number of ether oxygens (including phenoxy) is 1. The Bertz CT molecular complexity index is 1380. The van der Waals surface area contributed by atoms with Crippen LogP contribution in [-0.4, -0.2) is 36.3 Å². The summed E-state index contributed by atoms with van der Waals surface area (Å²) >= 11 is 0. The van der Waals surface area contributed by atoms with Crippen molar-refractivity contribution in [1.82, 2.24) is 9.97 Å². The Morgan fingerprint density at radius 1 is 1.05 bits per heavy atom. The number of hydrogen-bond donors (Lipinski definition) is 2. The van der Waals surface area contributed by atoms with Gasteiger partial charge in [0.05, 0.1) is 17.1 Å². The lowest BCUT2D eigenvalue weighted by Gasteiger charge is -2.34. The van der Waals surface area contributed by atoms with Gasteiger partial charge in [0.1, 0.15) is 11.6 Å². The van der Waals surface area contributed by atoms with Gasteiger partial charge in [0.15, 0.2) is 0 Å². The Kier molecular flexibility index (Phi) is 6.17. The van der Waals surface area contributed by atoms with Gasteiger partial charge in [-0.1, -0.05) is 0 Å². The van der Waals surface area contributed by atoms with Crippen molar-refractivity contribution in [2.75, 3.05) is 42.3 Å². The number of aromatic nitrogens is 2. The first-order valence-corrected chi connectivity index (χ1v) is 13.5. The van der Waals surface area contributed by atoms with Gasteiger partial charge in [-0.25, -0.2) is 9.97 Å². The average Bonchev–Trinajstić information content (AvgIpc) is 3.51. The predicted octanol–water partition coefficient (Wildman–Crippen LogP) is 6.21. The molecule has 2 aliphatic heterocycles. The van der Waals surface area contributed by atoms with Crippen LogP contribution < -0.4 is 16.0 Å². The van der Waals surface area contributed by atoms with E-state index < -0.39 is 17.8 Å². The first-order chi connectivity index (χ1) is 18.1. The molecule has 202 valence electrons. The van der Waals surface area contributed by atoms with Crippen LogP contribution in [0.15, 0.2) is 24.3 Å². The van der Waals surface area contributed by atoms with Gasteiger partial charge in [-0.05, 0) is 98.7 Å². The van der Waals surface area contributed by atoms with E-state index in [1.54, 1.807) is 6.07 Å². The Morgan fingerprint density at radius 3 is 2.58 bits per heavy atom. The van der Waals surface area contributed by atoms with Gasteiger partial charge in [0, 0.05) is 43.1 Å². The summed E-state index contributed by atoms with van der Waals surface area (Å²) in [5, 5.41) is 4.33. The van der Waals surface area contributed by atoms with Crippen LogP contribution in [0.5, 0.6) is 0 Å². The molecule has 0 amide bonds. The zero-order chi connectivity index (χ0) is 26.7. The van der Waals surface area contributed by atoms with Gasteiger partial charge in [-0.2, -0.15) is 13.2 Å². The lowest BCUT2D eigenvalue weighted by molar-refractivity contribution is -0.137. The highest BCUT2D eigenvalue weighted by Gasteiger charge is 2.40. The number of nitrogen functional groups attached to an aromatic ring is 1. The van der Waals surface area contributed by atoms with E-state index in [1.807, 2.05) is 13.8 Å². The Balaban J connectivity index is 1.39. The Labute approximate surface area is 220 Å². The second-order valence-corrected chi connectivity index (χ2v) is 11.3. The molecule has 38 heavy (non-hydrogen) atoms. The van der Waals surface area contributed by atoms with Crippen molar-refractivity contribution < 1.29 is 17.9 Å². The largest absolute Gasteiger partial charge is 0.416 e. The highest BCUT2D eigenvalue weighted by atomic mass is 19.4. The van der Waals surface area contributed by atoms with E-state index in [4.69, 9.17) is 20.4 Å². The first-order valence-electron chi connectivity index (χ1n) is 13.5. The lowest BCUT2D eigenvalue weighted by atomic mass is 9.80. The maximum atomic E-state index is 13.4. The van der Waals surface area contributed by atoms with Crippen LogP contribution in [0.1, 0.15) is 66.7 Å². The van der Waals surface area contributed by atoms with Crippen molar-refractivity contribution in [1.29, 1.82) is 0 Å². The third kappa shape index (κ3) is 4.55. The number of aryl methyl sites for hydroxylation is 2. The summed E-state index contributed by atoms with van der Waals surface area (Å²) in [6.45, 7) is 7.42. The van der Waals surface area contributed by atoms with Crippen molar-refractivity contribution in [3.05, 3.63) is 52.3 Å². The van der Waals surface area contributed by atoms with E-state index in [9.17, 15) is 13.2 Å². The van der Waals surface area contributed by atoms with Crippen molar-refractivity contribution in [2.24, 2.45) is 5.41 Å². The Morgan fingerprint density at radius 2 is 1.82 bits per heavy atom. The fraction of sp³-hybridized carbons (Fsp3) is 0.517. The zero-order valence-corrected chi connectivity index (χ0v) is 21.9. The molecule has 3 N–H and O–H groups in total. The van der Waals surface area contributed by atoms with Gasteiger partial charge < -0.3 is 20.7 Å². The summed E-state index contributed by atoms with van der Waals surface area (Å²) in [6, 6.07) is 5.49. The third-order valence-corrected chi connectivity index (χ3v) is 8.64. The van der Waals surface area contributed by atoms with Crippen LogP contribution >= 0.6 is 0 Å². The minimum Gasteiger partial charge on any atom is -0.399 e. The molecule has 2 saturated heterocycles. The molecule has 6 rings (SSSR count). The molecule has 3 aliphatic rings. The van der Waals surface area contributed by atoms with E-state index in [-0.39, 0.29) is 5.69 Å². The maximum absolute atomic E-state index is 13.4. The molecular formula is C29H34F3N5O. The van der Waals surface area contributed by atoms with Crippen molar-refractivity contribution >= 4 is 28.1 Å². The third-order valence-electron chi connectivity index (χ3n) is 8.64. The molecule has 0 saturated carbocycles. The number of alkyl halides is 3. The highest BCUT2D eigenvalue weighted by molar-refractivity contribution is 5.96. The Hall–Kier alpha value is -3.07. The van der Waals surface area contributed by atoms with Gasteiger partial charge in [0.25, 0.3) is 0 Å². The number of fused-ring (bicyclic) bond motifs is 3. The van der Waals surface area contributed by atoms with Crippen molar-refractivity contribution in [2.45, 2.75) is 64.6 Å². The number of nitrogens with zero attached hydrogens (tertiary/aromatic N) is 3. The topological polar surface area (TPSA) is 76.3 Å². The SMILES string of the molecule is Cc1nc(N[C@H](C)c2cc(N)cc(C(F)(F)F)c2)c2cc(N3CCC4(CCOCC4)C3)c3c(c2n1)CCC3. The van der Waals surface area contributed by atoms with Crippen molar-refractivity contribution in [3.63, 3.8) is 0 Å². The van der Waals surface area contributed by atoms with Crippen LogP contribution in [-0.2, 0) is 23.8 Å². The monoisotopic (exact) mass is 525 g/mol. The summed E-state index contributed by atoms with van der Waals surface area (Å²) in [5.74, 6) is 1.28. The molecule has 0 unspecified atom stereocenters. The molecule has 1 atom stereocenters. The van der Waals surface area contributed by atoms with E-state index in [2.05, 4.69) is 16.3 Å². The molecule has 1 aliphatic carbocycles. The molecule has 0 bridgehead atoms. The number of anilines is 3. The van der Waals surface area contributed by atoms with Gasteiger partial charge in [0.2, 0.25) is 0 Å². The number of hydrogen-bond acceptors (Lipinski definition) is 6. The first kappa shape index (κ1) is 25.2. The number of nitrogens with two attached hydrogens (primary N) is 1. The normalized spacial score (nSPS) is 19.8. The lowest BCUT2D eigenvalue weighted by Crippen LogP contribution is -2.33. The zero-order valence-electron chi connectivity index (χ0n) is 21.9. The molecule has 1 spiro atoms. The minimum absolute atomic E-state index is 0.0865. The minimum atomic E-state index is -4.46. The van der Waals surface area contributed by atoms with E-state index >= 15 is 0 Å². The molecule has 9 heteroatoms. The number of benzene rings is 2. The summed E-state index contributed by atoms with van der Waals surface area (Å²) < 4.78 is 46.0. The second-order valence-electron chi connectivity index (χ2n) is 11.3. The fourth-order valence-corrected chi connectivity index (χ4v) is 6.58. The standard InChI is InChI=1S/C29H34F3N5O/c1-17(19-12-20(29(30,31)32)14-21(33)13-19)34-27-24-15-25(37-9-6-28(16-37)7-10-38-11-8-28)22-4-3-5-23(22)26(24)35-18(2)36-27/h12-15,17H,3-11,16,33H2,1-2H3,(H,34,35,36)/t17-/m1/s1. The summed E-state index contributed by atoms with van der Waals surface area (Å²) in [7, 11) is 0. The molecule has 1 aromatic heterocycles. The molecule has 3 heterocycles. The molecule has 3 aromatic rings. The number of halogens is 3.